The lowest BCUT2D eigenvalue weighted by Gasteiger charge is -2.44. The standard InChI is InChI=1S/C49H51F3N6O4Si/c1-8-43(59)57-29-39-38(41(57)30-62-63(48(4,5)6,36-17-11-9-12-18-36)37-19-13-10-14-20-37)23-22-35(54-39)28-56-27-33-25-44(60)58(42-26-34(49(50,51)52)24-32(3)53-42)46(33)47(61)55(7)40-21-15-16-31(2)45(40)56/h8-24,26,33,41,46H,1,25,27-30H2,2-7H3/t33-,41?,46+/m1/s1. The Morgan fingerprint density at radius 3 is 2.19 bits per heavy atom. The Morgan fingerprint density at radius 1 is 0.905 bits per heavy atom. The van der Waals surface area contributed by atoms with Crippen molar-refractivity contribution < 1.29 is 32.0 Å². The van der Waals surface area contributed by atoms with Crippen LogP contribution in [0.15, 0.2) is 116 Å². The van der Waals surface area contributed by atoms with Gasteiger partial charge >= 0.3 is 6.18 Å². The van der Waals surface area contributed by atoms with Crippen LogP contribution in [0, 0.1) is 19.8 Å². The summed E-state index contributed by atoms with van der Waals surface area (Å²) in [7, 11) is -1.34. The molecule has 3 atom stereocenters. The monoisotopic (exact) mass is 872 g/mol. The van der Waals surface area contributed by atoms with Crippen LogP contribution in [-0.4, -0.2) is 67.1 Å². The van der Waals surface area contributed by atoms with Gasteiger partial charge in [-0.3, -0.25) is 24.3 Å². The number of benzene rings is 3. The first-order valence-corrected chi connectivity index (χ1v) is 23.0. The number of halogens is 3. The number of fused-ring (bicyclic) bond motifs is 3. The molecule has 14 heteroatoms. The van der Waals surface area contributed by atoms with Crippen molar-refractivity contribution in [2.45, 2.75) is 77.4 Å². The van der Waals surface area contributed by atoms with E-state index < -0.39 is 49.9 Å². The van der Waals surface area contributed by atoms with Gasteiger partial charge in [-0.2, -0.15) is 13.2 Å². The summed E-state index contributed by atoms with van der Waals surface area (Å²) in [5.41, 5.74) is 3.72. The molecule has 0 radical (unpaired) electrons. The first kappa shape index (κ1) is 43.5. The Bertz CT molecular complexity index is 2540. The molecule has 1 saturated heterocycles. The third-order valence-corrected chi connectivity index (χ3v) is 17.7. The zero-order chi connectivity index (χ0) is 45.0. The number of hydrogen-bond donors (Lipinski definition) is 0. The summed E-state index contributed by atoms with van der Waals surface area (Å²) >= 11 is 0. The van der Waals surface area contributed by atoms with Crippen molar-refractivity contribution in [2.75, 3.05) is 34.9 Å². The van der Waals surface area contributed by atoms with Crippen molar-refractivity contribution >= 4 is 53.6 Å². The average molecular weight is 873 g/mol. The van der Waals surface area contributed by atoms with E-state index in [9.17, 15) is 27.6 Å². The van der Waals surface area contributed by atoms with Gasteiger partial charge in [-0.15, -0.1) is 0 Å². The summed E-state index contributed by atoms with van der Waals surface area (Å²) in [5, 5.41) is 1.97. The minimum atomic E-state index is -4.67. The molecule has 63 heavy (non-hydrogen) atoms. The molecule has 10 nitrogen and oxygen atoms in total. The summed E-state index contributed by atoms with van der Waals surface area (Å²) in [5.74, 6) is -1.92. The predicted molar refractivity (Wildman–Crippen MR) is 240 cm³/mol. The van der Waals surface area contributed by atoms with E-state index in [4.69, 9.17) is 9.41 Å². The number of rotatable bonds is 9. The molecule has 0 N–H and O–H groups in total. The van der Waals surface area contributed by atoms with E-state index in [0.29, 0.717) is 11.4 Å². The quantitative estimate of drug-likeness (QED) is 0.111. The molecule has 326 valence electrons. The van der Waals surface area contributed by atoms with E-state index in [1.165, 1.54) is 17.9 Å². The van der Waals surface area contributed by atoms with Gasteiger partial charge in [0.25, 0.3) is 8.32 Å². The van der Waals surface area contributed by atoms with Crippen LogP contribution in [-0.2, 0) is 38.1 Å². The summed E-state index contributed by atoms with van der Waals surface area (Å²) in [6.45, 7) is 14.8. The van der Waals surface area contributed by atoms with Gasteiger partial charge in [0, 0.05) is 37.2 Å². The van der Waals surface area contributed by atoms with E-state index in [-0.39, 0.29) is 55.1 Å². The smallest absolute Gasteiger partial charge is 0.405 e. The Hall–Kier alpha value is -6.12. The van der Waals surface area contributed by atoms with Crippen molar-refractivity contribution in [3.63, 3.8) is 0 Å². The molecule has 1 fully saturated rings. The summed E-state index contributed by atoms with van der Waals surface area (Å²) in [6, 6.07) is 30.5. The number of alkyl halides is 3. The molecule has 0 spiro atoms. The van der Waals surface area contributed by atoms with Crippen molar-refractivity contribution in [2.24, 2.45) is 5.92 Å². The highest BCUT2D eigenvalue weighted by Gasteiger charge is 2.52. The lowest BCUT2D eigenvalue weighted by atomic mass is 9.94. The molecule has 5 heterocycles. The number of anilines is 3. The number of carbonyl (C=O) groups is 3. The second-order valence-corrected chi connectivity index (χ2v) is 22.1. The Balaban J connectivity index is 1.14. The van der Waals surface area contributed by atoms with Crippen LogP contribution in [0.4, 0.5) is 30.4 Å². The van der Waals surface area contributed by atoms with Crippen LogP contribution < -0.4 is 25.1 Å². The van der Waals surface area contributed by atoms with Gasteiger partial charge < -0.3 is 19.1 Å². The zero-order valence-electron chi connectivity index (χ0n) is 36.3. The molecule has 0 aliphatic carbocycles. The van der Waals surface area contributed by atoms with Crippen molar-refractivity contribution in [1.29, 1.82) is 0 Å². The van der Waals surface area contributed by atoms with Gasteiger partial charge in [-0.25, -0.2) is 4.98 Å². The first-order chi connectivity index (χ1) is 29.9. The summed E-state index contributed by atoms with van der Waals surface area (Å²) < 4.78 is 49.3. The molecular formula is C49H51F3N6O4Si. The topological polar surface area (TPSA) is 99.2 Å². The number of aryl methyl sites for hydroxylation is 2. The number of nitrogens with zero attached hydrogens (tertiary/aromatic N) is 6. The third-order valence-electron chi connectivity index (χ3n) is 12.7. The summed E-state index contributed by atoms with van der Waals surface area (Å²) in [6.07, 6.45) is -3.42. The number of para-hydroxylation sites is 1. The second-order valence-electron chi connectivity index (χ2n) is 17.7. The number of pyridine rings is 2. The zero-order valence-corrected chi connectivity index (χ0v) is 37.3. The van der Waals surface area contributed by atoms with Crippen LogP contribution in [0.2, 0.25) is 5.04 Å². The second kappa shape index (κ2) is 16.5. The van der Waals surface area contributed by atoms with Crippen molar-refractivity contribution in [1.82, 2.24) is 14.9 Å². The van der Waals surface area contributed by atoms with E-state index in [1.54, 1.807) is 11.9 Å². The predicted octanol–water partition coefficient (Wildman–Crippen LogP) is 7.66. The molecular weight excluding hydrogens is 822 g/mol. The fourth-order valence-corrected chi connectivity index (χ4v) is 14.4. The van der Waals surface area contributed by atoms with Crippen molar-refractivity contribution in [3.8, 4) is 0 Å². The Labute approximate surface area is 367 Å². The number of carbonyl (C=O) groups excluding carboxylic acids is 3. The maximum atomic E-state index is 14.4. The molecule has 8 rings (SSSR count). The van der Waals surface area contributed by atoms with Crippen LogP contribution >= 0.6 is 0 Å². The summed E-state index contributed by atoms with van der Waals surface area (Å²) in [4.78, 5) is 57.9. The van der Waals surface area contributed by atoms with Gasteiger partial charge in [0.1, 0.15) is 11.9 Å². The van der Waals surface area contributed by atoms with Crippen LogP contribution in [0.25, 0.3) is 0 Å². The molecule has 0 bridgehead atoms. The molecule has 3 aliphatic rings. The maximum absolute atomic E-state index is 14.4. The number of hydrogen-bond acceptors (Lipinski definition) is 7. The van der Waals surface area contributed by atoms with Gasteiger partial charge in [0.15, 0.2) is 0 Å². The van der Waals surface area contributed by atoms with E-state index in [1.807, 2.05) is 73.7 Å². The minimum Gasteiger partial charge on any atom is -0.405 e. The fourth-order valence-electron chi connectivity index (χ4n) is 9.85. The normalized spacial score (nSPS) is 19.1. The number of amides is 3. The van der Waals surface area contributed by atoms with E-state index >= 15 is 0 Å². The minimum absolute atomic E-state index is 0.0673. The number of likely N-dealkylation sites (N-methyl/N-ethyl adjacent to an activating group) is 1. The van der Waals surface area contributed by atoms with Crippen molar-refractivity contribution in [3.05, 3.63) is 150 Å². The lowest BCUT2D eigenvalue weighted by Crippen LogP contribution is -2.67. The fraction of sp³-hybridized carbons (Fsp3) is 0.327. The number of aromatic nitrogens is 2. The maximum Gasteiger partial charge on any atom is 0.416 e. The van der Waals surface area contributed by atoms with Gasteiger partial charge in [-0.1, -0.05) is 106 Å². The molecule has 1 unspecified atom stereocenters. The Morgan fingerprint density at radius 2 is 1.57 bits per heavy atom. The largest absolute Gasteiger partial charge is 0.416 e. The third kappa shape index (κ3) is 7.84. The van der Waals surface area contributed by atoms with Gasteiger partial charge in [0.2, 0.25) is 17.7 Å². The molecule has 3 amide bonds. The van der Waals surface area contributed by atoms with Crippen LogP contribution in [0.1, 0.15) is 67.0 Å². The van der Waals surface area contributed by atoms with Crippen LogP contribution in [0.5, 0.6) is 0 Å². The molecule has 5 aromatic rings. The SMILES string of the molecule is C=CC(=O)N1Cc2nc(CN3C[C@H]4CC(=O)N(c5cc(C(F)(F)F)cc(C)n5)[C@@H]4C(=O)N(C)c4cccc(C)c43)ccc2C1CO[Si](c1ccccc1)(c1ccccc1)C(C)(C)C. The van der Waals surface area contributed by atoms with Gasteiger partial charge in [0.05, 0.1) is 54.1 Å². The van der Waals surface area contributed by atoms with Gasteiger partial charge in [-0.05, 0) is 65.2 Å². The highest BCUT2D eigenvalue weighted by molar-refractivity contribution is 6.99. The van der Waals surface area contributed by atoms with Crippen LogP contribution in [0.3, 0.4) is 0 Å². The molecule has 3 aliphatic heterocycles. The average Bonchev–Trinajstić information content (AvgIpc) is 3.78. The Kier molecular flexibility index (Phi) is 11.4. The highest BCUT2D eigenvalue weighted by atomic mass is 28.4. The van der Waals surface area contributed by atoms with E-state index in [2.05, 4.69) is 61.5 Å². The first-order valence-electron chi connectivity index (χ1n) is 21.1. The molecule has 0 saturated carbocycles. The molecule has 2 aromatic heterocycles. The lowest BCUT2D eigenvalue weighted by molar-refractivity contribution is -0.137. The molecule has 3 aromatic carbocycles. The highest BCUT2D eigenvalue weighted by Crippen LogP contribution is 2.44. The van der Waals surface area contributed by atoms with E-state index in [0.717, 1.165) is 49.9 Å².